The van der Waals surface area contributed by atoms with Gasteiger partial charge in [-0.15, -0.1) is 0 Å². The molecule has 0 aliphatic rings. The summed E-state index contributed by atoms with van der Waals surface area (Å²) in [4.78, 5) is 10.0. The Morgan fingerprint density at radius 3 is 2.61 bits per heavy atom. The summed E-state index contributed by atoms with van der Waals surface area (Å²) in [5, 5.41) is 30.7. The van der Waals surface area contributed by atoms with Gasteiger partial charge in [-0.25, -0.2) is 4.39 Å². The van der Waals surface area contributed by atoms with E-state index >= 15 is 0 Å². The van der Waals surface area contributed by atoms with Gasteiger partial charge in [0.05, 0.1) is 17.1 Å². The molecule has 100 valence electrons. The van der Waals surface area contributed by atoms with Crippen LogP contribution in [0.25, 0.3) is 0 Å². The fraction of sp³-hybridized carbons (Fsp3) is 0.455. The lowest BCUT2D eigenvalue weighted by atomic mass is 9.97. The average Bonchev–Trinajstić information content (AvgIpc) is 2.30. The minimum atomic E-state index is -1.35. The second-order valence-corrected chi connectivity index (χ2v) is 4.68. The zero-order chi connectivity index (χ0) is 13.9. The molecular weight excluding hydrogens is 309 g/mol. The molecule has 0 aromatic heterocycles. The van der Waals surface area contributed by atoms with E-state index in [1.165, 1.54) is 6.92 Å². The van der Waals surface area contributed by atoms with E-state index in [0.29, 0.717) is 5.33 Å². The number of hydrogen-bond donors (Lipinski definition) is 2. The largest absolute Gasteiger partial charge is 0.390 e. The van der Waals surface area contributed by atoms with E-state index < -0.39 is 28.6 Å². The van der Waals surface area contributed by atoms with E-state index in [4.69, 9.17) is 0 Å². The molecule has 0 aliphatic carbocycles. The van der Waals surface area contributed by atoms with E-state index in [-0.39, 0.29) is 17.5 Å². The topological polar surface area (TPSA) is 83.6 Å². The van der Waals surface area contributed by atoms with Crippen LogP contribution in [0.3, 0.4) is 0 Å². The minimum Gasteiger partial charge on any atom is -0.390 e. The molecule has 2 atom stereocenters. The van der Waals surface area contributed by atoms with E-state index in [0.717, 1.165) is 12.1 Å². The van der Waals surface area contributed by atoms with Crippen LogP contribution >= 0.6 is 15.9 Å². The number of nitrogens with zero attached hydrogens (tertiary/aromatic N) is 1. The third-order valence-corrected chi connectivity index (χ3v) is 3.13. The first-order chi connectivity index (χ1) is 8.38. The van der Waals surface area contributed by atoms with Crippen LogP contribution in [0.15, 0.2) is 12.1 Å². The van der Waals surface area contributed by atoms with Crippen LogP contribution in [0.5, 0.6) is 0 Å². The number of hydrogen-bond acceptors (Lipinski definition) is 4. The van der Waals surface area contributed by atoms with Crippen molar-refractivity contribution in [2.24, 2.45) is 0 Å². The summed E-state index contributed by atoms with van der Waals surface area (Å²) in [6, 6.07) is 1.80. The molecule has 0 saturated heterocycles. The second-order valence-electron chi connectivity index (χ2n) is 3.89. The summed E-state index contributed by atoms with van der Waals surface area (Å²) in [6.45, 7) is 1.41. The molecule has 1 aromatic carbocycles. The van der Waals surface area contributed by atoms with Gasteiger partial charge in [-0.3, -0.25) is 10.1 Å². The Hall–Kier alpha value is -1.05. The van der Waals surface area contributed by atoms with Crippen LogP contribution in [0.2, 0.25) is 0 Å². The van der Waals surface area contributed by atoms with Gasteiger partial charge in [0.2, 0.25) is 0 Å². The second kappa shape index (κ2) is 6.21. The number of halogens is 2. The summed E-state index contributed by atoms with van der Waals surface area (Å²) in [6.07, 6.45) is -2.20. The molecule has 0 heterocycles. The van der Waals surface area contributed by atoms with Crippen LogP contribution in [0.1, 0.15) is 23.7 Å². The highest BCUT2D eigenvalue weighted by Gasteiger charge is 2.25. The number of aliphatic hydroxyl groups excluding tert-OH is 2. The lowest BCUT2D eigenvalue weighted by Crippen LogP contribution is -2.20. The van der Waals surface area contributed by atoms with Gasteiger partial charge in [0.25, 0.3) is 5.69 Å². The molecule has 18 heavy (non-hydrogen) atoms. The molecule has 5 nitrogen and oxygen atoms in total. The number of nitro benzene ring substituents is 1. The standard InChI is InChI=1S/C11H13BrFNO4/c1-6-8(11(16)10(15)2-3-12)4-7(13)5-9(6)14(17)18/h4-5,10-11,15-16H,2-3H2,1H3. The monoisotopic (exact) mass is 321 g/mol. The third kappa shape index (κ3) is 3.24. The van der Waals surface area contributed by atoms with E-state index in [2.05, 4.69) is 15.9 Å². The first-order valence-corrected chi connectivity index (χ1v) is 6.37. The average molecular weight is 322 g/mol. The zero-order valence-electron chi connectivity index (χ0n) is 9.64. The highest BCUT2D eigenvalue weighted by molar-refractivity contribution is 9.09. The van der Waals surface area contributed by atoms with Crippen LogP contribution in [-0.4, -0.2) is 26.6 Å². The number of alkyl halides is 1. The quantitative estimate of drug-likeness (QED) is 0.495. The van der Waals surface area contributed by atoms with Crippen LogP contribution in [-0.2, 0) is 0 Å². The molecule has 0 bridgehead atoms. The van der Waals surface area contributed by atoms with Crippen molar-refractivity contribution in [1.82, 2.24) is 0 Å². The van der Waals surface area contributed by atoms with Crippen molar-refractivity contribution < 1.29 is 19.5 Å². The number of nitro groups is 1. The Labute approximate surface area is 112 Å². The van der Waals surface area contributed by atoms with E-state index in [9.17, 15) is 24.7 Å². The van der Waals surface area contributed by atoms with Crippen molar-refractivity contribution in [2.45, 2.75) is 25.6 Å². The predicted octanol–water partition coefficient (Wildman–Crippen LogP) is 2.22. The Morgan fingerprint density at radius 1 is 1.50 bits per heavy atom. The maximum absolute atomic E-state index is 13.3. The molecule has 2 N–H and O–H groups in total. The number of aliphatic hydroxyl groups is 2. The van der Waals surface area contributed by atoms with Gasteiger partial charge in [-0.05, 0) is 25.0 Å². The molecule has 1 aromatic rings. The first kappa shape index (κ1) is 15.0. The van der Waals surface area contributed by atoms with Gasteiger partial charge < -0.3 is 10.2 Å². The summed E-state index contributed by atoms with van der Waals surface area (Å²) in [5.41, 5.74) is -0.215. The SMILES string of the molecule is Cc1c(C(O)C(O)CCBr)cc(F)cc1[N+](=O)[O-]. The van der Waals surface area contributed by atoms with Crippen molar-refractivity contribution in [1.29, 1.82) is 0 Å². The zero-order valence-corrected chi connectivity index (χ0v) is 11.2. The molecule has 0 spiro atoms. The molecule has 0 fully saturated rings. The maximum atomic E-state index is 13.3. The van der Waals surface area contributed by atoms with Crippen molar-refractivity contribution >= 4 is 21.6 Å². The molecule has 0 radical (unpaired) electrons. The number of rotatable bonds is 5. The maximum Gasteiger partial charge on any atom is 0.275 e. The minimum absolute atomic E-state index is 0.0372. The summed E-state index contributed by atoms with van der Waals surface area (Å²) in [7, 11) is 0. The lowest BCUT2D eigenvalue weighted by Gasteiger charge is -2.19. The Morgan fingerprint density at radius 2 is 2.11 bits per heavy atom. The third-order valence-electron chi connectivity index (χ3n) is 2.67. The molecule has 2 unspecified atom stereocenters. The van der Waals surface area contributed by atoms with Crippen molar-refractivity contribution in [2.75, 3.05) is 5.33 Å². The Balaban J connectivity index is 3.19. The fourth-order valence-corrected chi connectivity index (χ4v) is 2.13. The molecule has 7 heteroatoms. The Kier molecular flexibility index (Phi) is 5.18. The van der Waals surface area contributed by atoms with Crippen molar-refractivity contribution in [3.8, 4) is 0 Å². The Bertz CT molecular complexity index is 455. The number of benzene rings is 1. The van der Waals surface area contributed by atoms with Gasteiger partial charge >= 0.3 is 0 Å². The summed E-state index contributed by atoms with van der Waals surface area (Å²) < 4.78 is 13.3. The molecule has 0 amide bonds. The van der Waals surface area contributed by atoms with E-state index in [1.807, 2.05) is 0 Å². The molecule has 0 saturated carbocycles. The summed E-state index contributed by atoms with van der Waals surface area (Å²) >= 11 is 3.11. The van der Waals surface area contributed by atoms with Gasteiger partial charge in [0.15, 0.2) is 0 Å². The predicted molar refractivity (Wildman–Crippen MR) is 67.2 cm³/mol. The highest BCUT2D eigenvalue weighted by Crippen LogP contribution is 2.30. The van der Waals surface area contributed by atoms with Gasteiger partial charge in [-0.1, -0.05) is 15.9 Å². The lowest BCUT2D eigenvalue weighted by molar-refractivity contribution is -0.385. The molecular formula is C11H13BrFNO4. The van der Waals surface area contributed by atoms with Gasteiger partial charge in [0.1, 0.15) is 11.9 Å². The van der Waals surface area contributed by atoms with Crippen molar-refractivity contribution in [3.63, 3.8) is 0 Å². The van der Waals surface area contributed by atoms with Crippen LogP contribution in [0, 0.1) is 22.9 Å². The smallest absolute Gasteiger partial charge is 0.275 e. The molecule has 0 aliphatic heterocycles. The highest BCUT2D eigenvalue weighted by atomic mass is 79.9. The van der Waals surface area contributed by atoms with Crippen LogP contribution < -0.4 is 0 Å². The van der Waals surface area contributed by atoms with Crippen molar-refractivity contribution in [3.05, 3.63) is 39.2 Å². The van der Waals surface area contributed by atoms with Gasteiger partial charge in [-0.2, -0.15) is 0 Å². The van der Waals surface area contributed by atoms with Crippen LogP contribution in [0.4, 0.5) is 10.1 Å². The summed E-state index contributed by atoms with van der Waals surface area (Å²) in [5.74, 6) is -0.813. The fourth-order valence-electron chi connectivity index (χ4n) is 1.66. The molecule has 1 rings (SSSR count). The van der Waals surface area contributed by atoms with E-state index in [1.54, 1.807) is 0 Å². The van der Waals surface area contributed by atoms with Gasteiger partial charge in [0, 0.05) is 10.9 Å². The normalized spacial score (nSPS) is 14.3. The first-order valence-electron chi connectivity index (χ1n) is 5.25.